The van der Waals surface area contributed by atoms with E-state index in [0.29, 0.717) is 12.0 Å². The van der Waals surface area contributed by atoms with Crippen LogP contribution in [-0.2, 0) is 0 Å². The van der Waals surface area contributed by atoms with E-state index in [9.17, 15) is 0 Å². The maximum absolute atomic E-state index is 6.11. The summed E-state index contributed by atoms with van der Waals surface area (Å²) in [6, 6.07) is 6.73. The molecule has 0 amide bonds. The number of rotatable bonds is 4. The van der Waals surface area contributed by atoms with Crippen LogP contribution in [-0.4, -0.2) is 19.1 Å². The molecule has 1 unspecified atom stereocenters. The van der Waals surface area contributed by atoms with Gasteiger partial charge in [0.2, 0.25) is 0 Å². The van der Waals surface area contributed by atoms with Crippen LogP contribution in [0.5, 0.6) is 0 Å². The van der Waals surface area contributed by atoms with Crippen LogP contribution in [0.3, 0.4) is 0 Å². The predicted octanol–water partition coefficient (Wildman–Crippen LogP) is 3.26. The van der Waals surface area contributed by atoms with Crippen LogP contribution in [0.2, 0.25) is 0 Å². The summed E-state index contributed by atoms with van der Waals surface area (Å²) in [4.78, 5) is 2.39. The summed E-state index contributed by atoms with van der Waals surface area (Å²) >= 11 is 0. The van der Waals surface area contributed by atoms with E-state index in [1.54, 1.807) is 0 Å². The lowest BCUT2D eigenvalue weighted by Gasteiger charge is -2.45. The molecule has 1 aromatic carbocycles. The number of anilines is 1. The second-order valence-corrected chi connectivity index (χ2v) is 6.44. The molecule has 2 heteroatoms. The summed E-state index contributed by atoms with van der Waals surface area (Å²) in [6.45, 7) is 9.68. The van der Waals surface area contributed by atoms with Gasteiger partial charge < -0.3 is 10.6 Å². The molecule has 1 aromatic rings. The minimum Gasteiger partial charge on any atom is -0.367 e. The maximum Gasteiger partial charge on any atom is 0.0546 e. The lowest BCUT2D eigenvalue weighted by molar-refractivity contribution is 0.289. The highest BCUT2D eigenvalue weighted by Gasteiger charge is 2.54. The standard InChI is InChI=1S/C16H26N2/c1-12-8-13(2)10-14(9-12)18(5)16(4,11-17)15(3)6-7-15/h8-10H,6-7,11,17H2,1-5H3. The molecule has 2 nitrogen and oxygen atoms in total. The summed E-state index contributed by atoms with van der Waals surface area (Å²) in [7, 11) is 2.19. The van der Waals surface area contributed by atoms with Crippen molar-refractivity contribution in [3.05, 3.63) is 29.3 Å². The minimum atomic E-state index is 0.0488. The third kappa shape index (κ3) is 2.03. The summed E-state index contributed by atoms with van der Waals surface area (Å²) in [5.41, 5.74) is 10.4. The molecule has 0 aliphatic heterocycles. The first-order chi connectivity index (χ1) is 8.32. The predicted molar refractivity (Wildman–Crippen MR) is 79.1 cm³/mol. The molecule has 18 heavy (non-hydrogen) atoms. The molecule has 0 bridgehead atoms. The molecule has 0 radical (unpaired) electrons. The number of aryl methyl sites for hydroxylation is 2. The first-order valence-electron chi connectivity index (χ1n) is 6.85. The van der Waals surface area contributed by atoms with Gasteiger partial charge in [-0.1, -0.05) is 13.0 Å². The van der Waals surface area contributed by atoms with Gasteiger partial charge in [0, 0.05) is 19.3 Å². The quantitative estimate of drug-likeness (QED) is 0.883. The molecule has 1 aliphatic rings. The summed E-state index contributed by atoms with van der Waals surface area (Å²) in [5, 5.41) is 0. The van der Waals surface area contributed by atoms with Crippen LogP contribution >= 0.6 is 0 Å². The van der Waals surface area contributed by atoms with E-state index in [-0.39, 0.29) is 5.54 Å². The van der Waals surface area contributed by atoms with E-state index in [1.165, 1.54) is 29.7 Å². The van der Waals surface area contributed by atoms with E-state index in [0.717, 1.165) is 0 Å². The molecule has 2 N–H and O–H groups in total. The molecule has 100 valence electrons. The fraction of sp³-hybridized carbons (Fsp3) is 0.625. The average Bonchev–Trinajstić information content (AvgIpc) is 3.05. The molecular weight excluding hydrogens is 220 g/mol. The lowest BCUT2D eigenvalue weighted by Crippen LogP contribution is -2.55. The van der Waals surface area contributed by atoms with Crippen molar-refractivity contribution in [3.63, 3.8) is 0 Å². The molecule has 1 fully saturated rings. The Bertz CT molecular complexity index is 428. The van der Waals surface area contributed by atoms with Crippen molar-refractivity contribution in [2.75, 3.05) is 18.5 Å². The van der Waals surface area contributed by atoms with Crippen LogP contribution in [0.15, 0.2) is 18.2 Å². The van der Waals surface area contributed by atoms with Crippen LogP contribution in [0.25, 0.3) is 0 Å². The van der Waals surface area contributed by atoms with Gasteiger partial charge in [-0.05, 0) is 62.3 Å². The zero-order chi connectivity index (χ0) is 13.6. The third-order valence-electron chi connectivity index (χ3n) is 5.03. The summed E-state index contributed by atoms with van der Waals surface area (Å²) < 4.78 is 0. The smallest absolute Gasteiger partial charge is 0.0546 e. The number of hydrogen-bond donors (Lipinski definition) is 1. The summed E-state index contributed by atoms with van der Waals surface area (Å²) in [5.74, 6) is 0. The van der Waals surface area contributed by atoms with E-state index in [4.69, 9.17) is 5.73 Å². The van der Waals surface area contributed by atoms with Gasteiger partial charge in [-0.15, -0.1) is 0 Å². The number of nitrogens with two attached hydrogens (primary N) is 1. The van der Waals surface area contributed by atoms with Crippen molar-refractivity contribution < 1.29 is 0 Å². The fourth-order valence-corrected chi connectivity index (χ4v) is 2.94. The van der Waals surface area contributed by atoms with Gasteiger partial charge in [0.05, 0.1) is 5.54 Å². The molecule has 1 saturated carbocycles. The second-order valence-electron chi connectivity index (χ2n) is 6.44. The SMILES string of the molecule is Cc1cc(C)cc(N(C)C(C)(CN)C2(C)CC2)c1. The lowest BCUT2D eigenvalue weighted by atomic mass is 9.82. The number of likely N-dealkylation sites (N-methyl/N-ethyl adjacent to an activating group) is 1. The van der Waals surface area contributed by atoms with Crippen molar-refractivity contribution in [1.29, 1.82) is 0 Å². The van der Waals surface area contributed by atoms with Gasteiger partial charge in [0.25, 0.3) is 0 Å². The average molecular weight is 246 g/mol. The summed E-state index contributed by atoms with van der Waals surface area (Å²) in [6.07, 6.45) is 2.58. The van der Waals surface area contributed by atoms with Gasteiger partial charge in [0.1, 0.15) is 0 Å². The first kappa shape index (κ1) is 13.4. The van der Waals surface area contributed by atoms with Crippen molar-refractivity contribution in [2.24, 2.45) is 11.1 Å². The second kappa shape index (κ2) is 4.27. The van der Waals surface area contributed by atoms with Gasteiger partial charge >= 0.3 is 0 Å². The third-order valence-corrected chi connectivity index (χ3v) is 5.03. The Morgan fingerprint density at radius 2 is 1.72 bits per heavy atom. The van der Waals surface area contributed by atoms with Gasteiger partial charge in [-0.3, -0.25) is 0 Å². The van der Waals surface area contributed by atoms with Gasteiger partial charge in [0.15, 0.2) is 0 Å². The van der Waals surface area contributed by atoms with Crippen molar-refractivity contribution in [1.82, 2.24) is 0 Å². The van der Waals surface area contributed by atoms with Crippen molar-refractivity contribution in [2.45, 2.75) is 46.1 Å². The van der Waals surface area contributed by atoms with E-state index in [1.807, 2.05) is 0 Å². The molecule has 0 saturated heterocycles. The molecular formula is C16H26N2. The zero-order valence-corrected chi connectivity index (χ0v) is 12.4. The van der Waals surface area contributed by atoms with Gasteiger partial charge in [-0.2, -0.15) is 0 Å². The van der Waals surface area contributed by atoms with Crippen LogP contribution in [0.4, 0.5) is 5.69 Å². The molecule has 0 spiro atoms. The molecule has 0 heterocycles. The Morgan fingerprint density at radius 1 is 1.22 bits per heavy atom. The number of benzene rings is 1. The highest BCUT2D eigenvalue weighted by Crippen LogP contribution is 2.55. The Labute approximate surface area is 111 Å². The fourth-order valence-electron chi connectivity index (χ4n) is 2.94. The molecule has 1 aliphatic carbocycles. The number of hydrogen-bond acceptors (Lipinski definition) is 2. The van der Waals surface area contributed by atoms with Crippen molar-refractivity contribution >= 4 is 5.69 Å². The van der Waals surface area contributed by atoms with Gasteiger partial charge in [-0.25, -0.2) is 0 Å². The van der Waals surface area contributed by atoms with Crippen LogP contribution < -0.4 is 10.6 Å². The zero-order valence-electron chi connectivity index (χ0n) is 12.4. The molecule has 1 atom stereocenters. The highest BCUT2D eigenvalue weighted by atomic mass is 15.2. The maximum atomic E-state index is 6.11. The number of nitrogens with zero attached hydrogens (tertiary/aromatic N) is 1. The Morgan fingerprint density at radius 3 is 2.11 bits per heavy atom. The topological polar surface area (TPSA) is 29.3 Å². The van der Waals surface area contributed by atoms with Crippen molar-refractivity contribution in [3.8, 4) is 0 Å². The normalized spacial score (nSPS) is 20.3. The largest absolute Gasteiger partial charge is 0.367 e. The monoisotopic (exact) mass is 246 g/mol. The first-order valence-corrected chi connectivity index (χ1v) is 6.85. The van der Waals surface area contributed by atoms with Crippen LogP contribution in [0, 0.1) is 19.3 Å². The van der Waals surface area contributed by atoms with E-state index < -0.39 is 0 Å². The molecule has 2 rings (SSSR count). The molecule has 0 aromatic heterocycles. The minimum absolute atomic E-state index is 0.0488. The Balaban J connectivity index is 2.37. The van der Waals surface area contributed by atoms with E-state index >= 15 is 0 Å². The van der Waals surface area contributed by atoms with E-state index in [2.05, 4.69) is 57.8 Å². The Kier molecular flexibility index (Phi) is 3.18. The van der Waals surface area contributed by atoms with Crippen LogP contribution in [0.1, 0.15) is 37.8 Å². The Hall–Kier alpha value is -1.02. The highest BCUT2D eigenvalue weighted by molar-refractivity contribution is 5.53.